The minimum atomic E-state index is 0.552. The quantitative estimate of drug-likeness (QED) is 0.870. The van der Waals surface area contributed by atoms with E-state index < -0.39 is 0 Å². The highest BCUT2D eigenvalue weighted by Crippen LogP contribution is 2.30. The predicted octanol–water partition coefficient (Wildman–Crippen LogP) is 2.19. The lowest BCUT2D eigenvalue weighted by Crippen LogP contribution is -2.35. The summed E-state index contributed by atoms with van der Waals surface area (Å²) in [6, 6.07) is 1.20. The van der Waals surface area contributed by atoms with Crippen molar-refractivity contribution in [1.29, 1.82) is 0 Å². The molecule has 1 fully saturated rings. The smallest absolute Gasteiger partial charge is 0.318 e. The van der Waals surface area contributed by atoms with Gasteiger partial charge in [0.05, 0.1) is 6.54 Å². The summed E-state index contributed by atoms with van der Waals surface area (Å²) in [5.41, 5.74) is 0. The Labute approximate surface area is 109 Å². The monoisotopic (exact) mass is 252 g/mol. The fraction of sp³-hybridized carbons (Fsp3) is 0.846. The zero-order valence-electron chi connectivity index (χ0n) is 11.6. The van der Waals surface area contributed by atoms with Crippen molar-refractivity contribution in [2.75, 3.05) is 19.0 Å². The van der Waals surface area contributed by atoms with E-state index in [0.29, 0.717) is 24.5 Å². The summed E-state index contributed by atoms with van der Waals surface area (Å²) >= 11 is 0. The normalized spacial score (nSPS) is 24.2. The summed E-state index contributed by atoms with van der Waals surface area (Å²) in [6.45, 7) is 2.92. The fourth-order valence-corrected chi connectivity index (χ4v) is 2.71. The number of nitrogens with one attached hydrogen (secondary N) is 1. The van der Waals surface area contributed by atoms with Gasteiger partial charge in [0.2, 0.25) is 5.89 Å². The van der Waals surface area contributed by atoms with Crippen molar-refractivity contribution in [3.05, 3.63) is 5.89 Å². The molecule has 102 valence electrons. The van der Waals surface area contributed by atoms with Crippen LogP contribution in [0.1, 0.15) is 44.9 Å². The Morgan fingerprint density at radius 1 is 1.28 bits per heavy atom. The molecule has 0 bridgehead atoms. The zero-order chi connectivity index (χ0) is 13.0. The van der Waals surface area contributed by atoms with Crippen molar-refractivity contribution in [3.8, 4) is 0 Å². The van der Waals surface area contributed by atoms with Gasteiger partial charge in [0.1, 0.15) is 0 Å². The standard InChI is InChI=1S/C13H24N4O/c1-4-10-5-7-11(8-6-10)17(3)13-16-15-12(18-13)9-14-2/h10-11,14H,4-9H2,1-3H3. The molecule has 0 amide bonds. The third kappa shape index (κ3) is 3.02. The van der Waals surface area contributed by atoms with Gasteiger partial charge in [-0.05, 0) is 38.6 Å². The average molecular weight is 252 g/mol. The maximum absolute atomic E-state index is 5.63. The van der Waals surface area contributed by atoms with Crippen molar-refractivity contribution >= 4 is 6.01 Å². The number of rotatable bonds is 5. The first kappa shape index (κ1) is 13.3. The van der Waals surface area contributed by atoms with Gasteiger partial charge in [0.25, 0.3) is 0 Å². The Hall–Kier alpha value is -1.10. The van der Waals surface area contributed by atoms with E-state index >= 15 is 0 Å². The van der Waals surface area contributed by atoms with Crippen molar-refractivity contribution < 1.29 is 4.42 Å². The van der Waals surface area contributed by atoms with Gasteiger partial charge >= 0.3 is 6.01 Å². The molecule has 1 aromatic rings. The van der Waals surface area contributed by atoms with Crippen LogP contribution in [0.4, 0.5) is 6.01 Å². The van der Waals surface area contributed by atoms with Crippen molar-refractivity contribution in [2.24, 2.45) is 5.92 Å². The summed E-state index contributed by atoms with van der Waals surface area (Å²) in [6.07, 6.45) is 6.42. The third-order valence-electron chi connectivity index (χ3n) is 4.03. The largest absolute Gasteiger partial charge is 0.407 e. The maximum atomic E-state index is 5.63. The van der Waals surface area contributed by atoms with Gasteiger partial charge in [0, 0.05) is 13.1 Å². The van der Waals surface area contributed by atoms with Crippen LogP contribution in [0.5, 0.6) is 0 Å². The molecule has 5 heteroatoms. The molecule has 1 aromatic heterocycles. The van der Waals surface area contributed by atoms with E-state index in [1.54, 1.807) is 0 Å². The molecule has 0 spiro atoms. The van der Waals surface area contributed by atoms with Crippen molar-refractivity contribution in [2.45, 2.75) is 51.6 Å². The highest BCUT2D eigenvalue weighted by molar-refractivity contribution is 5.24. The molecule has 0 unspecified atom stereocenters. The van der Waals surface area contributed by atoms with Crippen LogP contribution in [-0.2, 0) is 6.54 Å². The molecular formula is C13H24N4O. The lowest BCUT2D eigenvalue weighted by Gasteiger charge is -2.33. The first-order valence-electron chi connectivity index (χ1n) is 6.94. The van der Waals surface area contributed by atoms with Gasteiger partial charge in [0.15, 0.2) is 0 Å². The van der Waals surface area contributed by atoms with Gasteiger partial charge < -0.3 is 14.6 Å². The molecule has 1 saturated carbocycles. The van der Waals surface area contributed by atoms with E-state index in [-0.39, 0.29) is 0 Å². The Bertz CT molecular complexity index is 358. The van der Waals surface area contributed by atoms with Crippen LogP contribution in [0.3, 0.4) is 0 Å². The lowest BCUT2D eigenvalue weighted by atomic mass is 9.84. The number of nitrogens with zero attached hydrogens (tertiary/aromatic N) is 3. The van der Waals surface area contributed by atoms with Crippen LogP contribution in [0.25, 0.3) is 0 Å². The summed E-state index contributed by atoms with van der Waals surface area (Å²) in [4.78, 5) is 2.15. The van der Waals surface area contributed by atoms with E-state index in [9.17, 15) is 0 Å². The van der Waals surface area contributed by atoms with E-state index in [1.165, 1.54) is 32.1 Å². The molecule has 0 radical (unpaired) electrons. The first-order valence-corrected chi connectivity index (χ1v) is 6.94. The highest BCUT2D eigenvalue weighted by atomic mass is 16.4. The molecule has 1 aliphatic carbocycles. The van der Waals surface area contributed by atoms with Gasteiger partial charge in [-0.15, -0.1) is 5.10 Å². The van der Waals surface area contributed by atoms with E-state index in [2.05, 4.69) is 34.4 Å². The Morgan fingerprint density at radius 2 is 2.00 bits per heavy atom. The molecule has 1 aliphatic rings. The van der Waals surface area contributed by atoms with Gasteiger partial charge in [-0.3, -0.25) is 0 Å². The zero-order valence-corrected chi connectivity index (χ0v) is 11.6. The second-order valence-electron chi connectivity index (χ2n) is 5.20. The summed E-state index contributed by atoms with van der Waals surface area (Å²) in [7, 11) is 3.94. The summed E-state index contributed by atoms with van der Waals surface area (Å²) < 4.78 is 5.63. The second-order valence-corrected chi connectivity index (χ2v) is 5.20. The SMILES string of the molecule is CCC1CCC(N(C)c2nnc(CNC)o2)CC1. The molecule has 0 aromatic carbocycles. The molecule has 1 N–H and O–H groups in total. The number of anilines is 1. The van der Waals surface area contributed by atoms with Crippen molar-refractivity contribution in [1.82, 2.24) is 15.5 Å². The predicted molar refractivity (Wildman–Crippen MR) is 71.5 cm³/mol. The Balaban J connectivity index is 1.92. The van der Waals surface area contributed by atoms with Gasteiger partial charge in [-0.1, -0.05) is 18.4 Å². The van der Waals surface area contributed by atoms with Gasteiger partial charge in [-0.25, -0.2) is 0 Å². The Morgan fingerprint density at radius 3 is 2.61 bits per heavy atom. The highest BCUT2D eigenvalue weighted by Gasteiger charge is 2.25. The van der Waals surface area contributed by atoms with Crippen molar-refractivity contribution in [3.63, 3.8) is 0 Å². The molecule has 0 saturated heterocycles. The van der Waals surface area contributed by atoms with Crippen LogP contribution in [0, 0.1) is 5.92 Å². The van der Waals surface area contributed by atoms with E-state index in [1.807, 2.05) is 7.05 Å². The Kier molecular flexibility index (Phi) is 4.58. The van der Waals surface area contributed by atoms with Crippen LogP contribution < -0.4 is 10.2 Å². The number of hydrogen-bond acceptors (Lipinski definition) is 5. The van der Waals surface area contributed by atoms with E-state index in [4.69, 9.17) is 4.42 Å². The number of hydrogen-bond donors (Lipinski definition) is 1. The topological polar surface area (TPSA) is 54.2 Å². The molecule has 18 heavy (non-hydrogen) atoms. The summed E-state index contributed by atoms with van der Waals surface area (Å²) in [5, 5.41) is 11.2. The molecule has 1 heterocycles. The van der Waals surface area contributed by atoms with Crippen LogP contribution in [0.2, 0.25) is 0 Å². The molecule has 2 rings (SSSR count). The third-order valence-corrected chi connectivity index (χ3v) is 4.03. The van der Waals surface area contributed by atoms with E-state index in [0.717, 1.165) is 5.92 Å². The first-order chi connectivity index (χ1) is 8.74. The molecular weight excluding hydrogens is 228 g/mol. The lowest BCUT2D eigenvalue weighted by molar-refractivity contribution is 0.306. The molecule has 0 atom stereocenters. The molecule has 0 aliphatic heterocycles. The number of aromatic nitrogens is 2. The van der Waals surface area contributed by atoms with Crippen LogP contribution in [-0.4, -0.2) is 30.3 Å². The average Bonchev–Trinajstić information content (AvgIpc) is 2.87. The minimum Gasteiger partial charge on any atom is -0.407 e. The van der Waals surface area contributed by atoms with Gasteiger partial charge in [-0.2, -0.15) is 0 Å². The summed E-state index contributed by atoms with van der Waals surface area (Å²) in [5.74, 6) is 1.57. The maximum Gasteiger partial charge on any atom is 0.318 e. The second kappa shape index (κ2) is 6.18. The minimum absolute atomic E-state index is 0.552. The van der Waals surface area contributed by atoms with Crippen LogP contribution in [0.15, 0.2) is 4.42 Å². The fourth-order valence-electron chi connectivity index (χ4n) is 2.71. The van der Waals surface area contributed by atoms with Crippen LogP contribution >= 0.6 is 0 Å². The molecule has 5 nitrogen and oxygen atoms in total.